The molecular weight excluding hydrogens is 402 g/mol. The van der Waals surface area contributed by atoms with Gasteiger partial charge in [-0.25, -0.2) is 4.98 Å². The lowest BCUT2D eigenvalue weighted by Crippen LogP contribution is -2.47. The molecule has 0 spiro atoms. The van der Waals surface area contributed by atoms with E-state index in [9.17, 15) is 4.79 Å². The highest BCUT2D eigenvalue weighted by Crippen LogP contribution is 2.30. The van der Waals surface area contributed by atoms with Crippen LogP contribution < -0.4 is 19.9 Å². The Labute approximate surface area is 188 Å². The largest absolute Gasteiger partial charge is 0.497 e. The maximum Gasteiger partial charge on any atom is 0.227 e. The molecule has 0 atom stereocenters. The number of carbonyl (C=O) groups excluding carboxylic acids is 1. The summed E-state index contributed by atoms with van der Waals surface area (Å²) in [7, 11) is 1.69. The Hall–Kier alpha value is -3.61. The number of nitrogens with one attached hydrogen (secondary N) is 1. The van der Waals surface area contributed by atoms with E-state index in [1.54, 1.807) is 7.11 Å². The minimum atomic E-state index is 0.124. The third-order valence-electron chi connectivity index (χ3n) is 6.09. The maximum absolute atomic E-state index is 12.7. The molecule has 7 heteroatoms. The lowest BCUT2D eigenvalue weighted by Gasteiger charge is -2.36. The van der Waals surface area contributed by atoms with Crippen LogP contribution in [0.15, 0.2) is 54.6 Å². The molecule has 5 rings (SSSR count). The van der Waals surface area contributed by atoms with E-state index < -0.39 is 0 Å². The van der Waals surface area contributed by atoms with Gasteiger partial charge in [0.2, 0.25) is 5.95 Å². The number of ketones is 1. The molecule has 3 aromatic rings. The number of ether oxygens (including phenoxy) is 1. The van der Waals surface area contributed by atoms with Crippen molar-refractivity contribution in [3.63, 3.8) is 0 Å². The fraction of sp³-hybridized carbons (Fsp3) is 0.320. The van der Waals surface area contributed by atoms with Crippen LogP contribution in [-0.2, 0) is 6.42 Å². The normalized spacial score (nSPS) is 16.0. The molecule has 1 N–H and O–H groups in total. The van der Waals surface area contributed by atoms with E-state index in [1.807, 2.05) is 42.5 Å². The third-order valence-corrected chi connectivity index (χ3v) is 6.09. The molecule has 1 aliphatic heterocycles. The zero-order valence-corrected chi connectivity index (χ0v) is 18.3. The summed E-state index contributed by atoms with van der Waals surface area (Å²) >= 11 is 0. The van der Waals surface area contributed by atoms with Crippen LogP contribution in [-0.4, -0.2) is 49.0 Å². The number of Topliss-reactive ketones (excluding diaryl/α,β-unsaturated/α-hetero) is 1. The number of anilines is 4. The predicted octanol–water partition coefficient (Wildman–Crippen LogP) is 4.07. The Morgan fingerprint density at radius 2 is 1.69 bits per heavy atom. The molecule has 2 aromatic carbocycles. The molecule has 7 nitrogen and oxygen atoms in total. The van der Waals surface area contributed by atoms with E-state index in [0.717, 1.165) is 61.8 Å². The number of piperazine rings is 1. The number of hydrogen-bond acceptors (Lipinski definition) is 7. The number of carbonyl (C=O) groups is 1. The monoisotopic (exact) mass is 429 g/mol. The van der Waals surface area contributed by atoms with Gasteiger partial charge >= 0.3 is 0 Å². The lowest BCUT2D eigenvalue weighted by molar-refractivity contribution is 0.0972. The number of rotatable bonds is 5. The highest BCUT2D eigenvalue weighted by molar-refractivity contribution is 6.03. The van der Waals surface area contributed by atoms with Crippen molar-refractivity contribution in [2.75, 3.05) is 48.4 Å². The Kier molecular flexibility index (Phi) is 5.62. The first-order valence-corrected chi connectivity index (χ1v) is 11.1. The summed E-state index contributed by atoms with van der Waals surface area (Å²) in [4.78, 5) is 26.9. The number of hydrogen-bond donors (Lipinski definition) is 1. The number of fused-ring (bicyclic) bond motifs is 1. The second-order valence-corrected chi connectivity index (χ2v) is 8.14. The second kappa shape index (κ2) is 8.86. The number of para-hydroxylation sites is 1. The molecular formula is C25H27N5O2. The average molecular weight is 430 g/mol. The van der Waals surface area contributed by atoms with E-state index in [1.165, 1.54) is 0 Å². The molecule has 0 unspecified atom stereocenters. The van der Waals surface area contributed by atoms with Crippen LogP contribution in [0, 0.1) is 0 Å². The Morgan fingerprint density at radius 1 is 0.906 bits per heavy atom. The van der Waals surface area contributed by atoms with Crippen LogP contribution in [0.5, 0.6) is 5.75 Å². The van der Waals surface area contributed by atoms with Gasteiger partial charge in [-0.1, -0.05) is 24.3 Å². The van der Waals surface area contributed by atoms with E-state index >= 15 is 0 Å². The van der Waals surface area contributed by atoms with Gasteiger partial charge in [-0.3, -0.25) is 4.79 Å². The molecule has 1 aliphatic carbocycles. The zero-order chi connectivity index (χ0) is 21.9. The van der Waals surface area contributed by atoms with Crippen LogP contribution in [0.1, 0.15) is 28.9 Å². The van der Waals surface area contributed by atoms with Crippen molar-refractivity contribution in [2.24, 2.45) is 0 Å². The first kappa shape index (κ1) is 20.3. The van der Waals surface area contributed by atoms with Crippen molar-refractivity contribution in [3.8, 4) is 5.75 Å². The Morgan fingerprint density at radius 3 is 2.47 bits per heavy atom. The van der Waals surface area contributed by atoms with Gasteiger partial charge in [0.25, 0.3) is 0 Å². The second-order valence-electron chi connectivity index (χ2n) is 8.14. The molecule has 1 aromatic heterocycles. The smallest absolute Gasteiger partial charge is 0.227 e. The van der Waals surface area contributed by atoms with Crippen molar-refractivity contribution in [2.45, 2.75) is 19.3 Å². The fourth-order valence-electron chi connectivity index (χ4n) is 4.37. The molecule has 0 saturated carbocycles. The summed E-state index contributed by atoms with van der Waals surface area (Å²) in [5.41, 5.74) is 3.59. The average Bonchev–Trinajstić information content (AvgIpc) is 2.85. The summed E-state index contributed by atoms with van der Waals surface area (Å²) < 4.78 is 5.37. The van der Waals surface area contributed by atoms with Crippen molar-refractivity contribution in [1.82, 2.24) is 9.97 Å². The molecule has 1 fully saturated rings. The summed E-state index contributed by atoms with van der Waals surface area (Å²) in [6.07, 6.45) is 2.21. The molecule has 1 saturated heterocycles. The van der Waals surface area contributed by atoms with E-state index in [0.29, 0.717) is 23.8 Å². The van der Waals surface area contributed by atoms with Crippen molar-refractivity contribution < 1.29 is 9.53 Å². The minimum absolute atomic E-state index is 0.124. The Bertz CT molecular complexity index is 1110. The number of aryl methyl sites for hydroxylation is 1. The van der Waals surface area contributed by atoms with Gasteiger partial charge in [-0.05, 0) is 37.1 Å². The summed E-state index contributed by atoms with van der Waals surface area (Å²) in [6, 6.07) is 18.0. The van der Waals surface area contributed by atoms with Gasteiger partial charge in [0, 0.05) is 50.0 Å². The van der Waals surface area contributed by atoms with E-state index in [4.69, 9.17) is 14.7 Å². The molecule has 32 heavy (non-hydrogen) atoms. The van der Waals surface area contributed by atoms with Gasteiger partial charge in [-0.15, -0.1) is 0 Å². The predicted molar refractivity (Wildman–Crippen MR) is 126 cm³/mol. The third kappa shape index (κ3) is 4.10. The number of benzene rings is 2. The highest BCUT2D eigenvalue weighted by Gasteiger charge is 2.27. The van der Waals surface area contributed by atoms with Crippen LogP contribution >= 0.6 is 0 Å². The Balaban J connectivity index is 1.39. The van der Waals surface area contributed by atoms with Gasteiger partial charge in [-0.2, -0.15) is 4.98 Å². The van der Waals surface area contributed by atoms with Crippen molar-refractivity contribution in [3.05, 3.63) is 65.9 Å². The maximum atomic E-state index is 12.7. The highest BCUT2D eigenvalue weighted by atomic mass is 16.5. The van der Waals surface area contributed by atoms with Crippen LogP contribution in [0.3, 0.4) is 0 Å². The molecule has 0 radical (unpaired) electrons. The molecule has 2 heterocycles. The zero-order valence-electron chi connectivity index (χ0n) is 18.3. The van der Waals surface area contributed by atoms with Gasteiger partial charge in [0.15, 0.2) is 5.78 Å². The fourth-order valence-corrected chi connectivity index (χ4v) is 4.37. The van der Waals surface area contributed by atoms with E-state index in [2.05, 4.69) is 27.2 Å². The first-order chi connectivity index (χ1) is 15.7. The number of nitrogens with zero attached hydrogens (tertiary/aromatic N) is 4. The van der Waals surface area contributed by atoms with Crippen LogP contribution in [0.25, 0.3) is 0 Å². The van der Waals surface area contributed by atoms with Gasteiger partial charge < -0.3 is 19.9 Å². The number of aromatic nitrogens is 2. The molecule has 0 amide bonds. The van der Waals surface area contributed by atoms with Crippen molar-refractivity contribution in [1.29, 1.82) is 0 Å². The van der Waals surface area contributed by atoms with Crippen LogP contribution in [0.4, 0.5) is 23.1 Å². The summed E-state index contributed by atoms with van der Waals surface area (Å²) in [6.45, 7) is 3.37. The van der Waals surface area contributed by atoms with Crippen molar-refractivity contribution >= 4 is 28.9 Å². The number of methoxy groups -OCH3 is 1. The van der Waals surface area contributed by atoms with Gasteiger partial charge in [0.05, 0.1) is 18.4 Å². The lowest BCUT2D eigenvalue weighted by atomic mass is 9.95. The summed E-state index contributed by atoms with van der Waals surface area (Å²) in [5, 5.41) is 3.37. The SMILES string of the molecule is COc1cccc(N2CCN(c3nc4c(c(Nc5ccccc5)n3)C(=O)CCC4)CC2)c1. The molecule has 164 valence electrons. The quantitative estimate of drug-likeness (QED) is 0.655. The standard InChI is InChI=1S/C25H27N5O2/c1-32-20-10-5-9-19(17-20)29-13-15-30(16-14-29)25-27-21-11-6-12-22(31)23(21)24(28-25)26-18-7-3-2-4-8-18/h2-5,7-10,17H,6,11-16H2,1H3,(H,26,27,28). The molecule has 2 aliphatic rings. The molecule has 0 bridgehead atoms. The summed E-state index contributed by atoms with van der Waals surface area (Å²) in [5.74, 6) is 2.31. The van der Waals surface area contributed by atoms with Gasteiger partial charge in [0.1, 0.15) is 11.6 Å². The first-order valence-electron chi connectivity index (χ1n) is 11.1. The van der Waals surface area contributed by atoms with E-state index in [-0.39, 0.29) is 5.78 Å². The van der Waals surface area contributed by atoms with Crippen LogP contribution in [0.2, 0.25) is 0 Å². The minimum Gasteiger partial charge on any atom is -0.497 e. The topological polar surface area (TPSA) is 70.6 Å².